The summed E-state index contributed by atoms with van der Waals surface area (Å²) < 4.78 is 4.99. The second-order valence-corrected chi connectivity index (χ2v) is 10.5. The Hall–Kier alpha value is -1.11. The van der Waals surface area contributed by atoms with Crippen molar-refractivity contribution in [3.63, 3.8) is 0 Å². The molecular weight excluding hydrogens is 477 g/mol. The van der Waals surface area contributed by atoms with Crippen molar-refractivity contribution in [3.05, 3.63) is 21.7 Å². The third-order valence-electron chi connectivity index (χ3n) is 6.28. The van der Waals surface area contributed by atoms with Gasteiger partial charge in [0.15, 0.2) is 10.8 Å². The number of hydrogen-bond acceptors (Lipinski definition) is 10. The summed E-state index contributed by atoms with van der Waals surface area (Å²) in [4.78, 5) is 44.7. The second kappa shape index (κ2) is 10.7. The minimum Gasteiger partial charge on any atom is -0.543 e. The number of aliphatic carboxylic acids is 1. The van der Waals surface area contributed by atoms with Crippen LogP contribution in [0.4, 0.5) is 5.13 Å². The number of aliphatic hydroxyl groups excluding tert-OH is 1. The number of nitrogens with zero attached hydrogens (tertiary/aromatic N) is 3. The van der Waals surface area contributed by atoms with Crippen LogP contribution in [-0.4, -0.2) is 69.9 Å². The largest absolute Gasteiger partial charge is 1.00 e. The molecule has 0 spiro atoms. The molecule has 1 amide bonds. The molecule has 0 bridgehead atoms. The Kier molecular flexibility index (Phi) is 8.56. The molecule has 4 heterocycles. The number of piperidine rings is 1. The number of carbonyl (C=O) groups excluding carboxylic acids is 3. The van der Waals surface area contributed by atoms with Crippen molar-refractivity contribution in [1.29, 1.82) is 0 Å². The van der Waals surface area contributed by atoms with Crippen LogP contribution in [0.15, 0.2) is 16.0 Å². The molecule has 9 nitrogen and oxygen atoms in total. The van der Waals surface area contributed by atoms with Crippen molar-refractivity contribution in [2.75, 3.05) is 24.6 Å². The van der Waals surface area contributed by atoms with Crippen LogP contribution in [0.2, 0.25) is 0 Å². The van der Waals surface area contributed by atoms with Crippen LogP contribution in [0.1, 0.15) is 44.1 Å². The number of thiazole rings is 1. The maximum atomic E-state index is 12.5. The third kappa shape index (κ3) is 4.85. The van der Waals surface area contributed by atoms with E-state index in [-0.39, 0.29) is 58.4 Å². The Morgan fingerprint density at radius 3 is 2.64 bits per heavy atom. The number of carbonyl (C=O) groups is 3. The van der Waals surface area contributed by atoms with Crippen molar-refractivity contribution in [1.82, 2.24) is 9.88 Å². The first kappa shape index (κ1) is 26.5. The fraction of sp³-hybridized carbons (Fsp3) is 0.619. The number of aliphatic hydroxyl groups is 1. The van der Waals surface area contributed by atoms with Gasteiger partial charge in [-0.15, -0.1) is 23.1 Å². The summed E-state index contributed by atoms with van der Waals surface area (Å²) in [6.07, 6.45) is 0.807. The molecular formula is C21H26N3NaO6S2. The van der Waals surface area contributed by atoms with Crippen molar-refractivity contribution >= 4 is 46.1 Å². The number of esters is 1. The van der Waals surface area contributed by atoms with E-state index in [4.69, 9.17) is 4.74 Å². The van der Waals surface area contributed by atoms with E-state index in [2.05, 4.69) is 9.88 Å². The van der Waals surface area contributed by atoms with E-state index >= 15 is 0 Å². The molecule has 2 saturated heterocycles. The number of fused-ring (bicyclic) bond motifs is 1. The molecule has 174 valence electrons. The predicted molar refractivity (Wildman–Crippen MR) is 118 cm³/mol. The summed E-state index contributed by atoms with van der Waals surface area (Å²) in [6.45, 7) is 7.01. The van der Waals surface area contributed by atoms with E-state index in [1.165, 1.54) is 28.0 Å². The molecule has 1 N–H and O–H groups in total. The van der Waals surface area contributed by atoms with Gasteiger partial charge in [0.05, 0.1) is 36.3 Å². The van der Waals surface area contributed by atoms with Crippen LogP contribution in [-0.2, 0) is 14.3 Å². The van der Waals surface area contributed by atoms with Gasteiger partial charge in [-0.25, -0.2) is 9.78 Å². The van der Waals surface area contributed by atoms with Crippen molar-refractivity contribution in [2.45, 2.75) is 51.0 Å². The van der Waals surface area contributed by atoms with Gasteiger partial charge in [-0.2, -0.15) is 0 Å². The molecule has 0 aromatic carbocycles. The molecule has 2 fully saturated rings. The number of thioether (sulfide) groups is 1. The average Bonchev–Trinajstić information content (AvgIpc) is 3.32. The summed E-state index contributed by atoms with van der Waals surface area (Å²) in [5, 5.41) is 24.5. The van der Waals surface area contributed by atoms with Crippen molar-refractivity contribution < 1.29 is 58.9 Å². The van der Waals surface area contributed by atoms with E-state index < -0.39 is 24.0 Å². The van der Waals surface area contributed by atoms with E-state index in [9.17, 15) is 24.6 Å². The number of β-lactam (4-membered cyclic amide) rings is 1. The normalized spacial score (nSPS) is 25.9. The Bertz CT molecular complexity index is 960. The first-order chi connectivity index (χ1) is 15.2. The van der Waals surface area contributed by atoms with E-state index in [0.29, 0.717) is 17.2 Å². The van der Waals surface area contributed by atoms with Gasteiger partial charge in [0, 0.05) is 34.5 Å². The van der Waals surface area contributed by atoms with E-state index in [1.807, 2.05) is 6.92 Å². The average molecular weight is 504 g/mol. The summed E-state index contributed by atoms with van der Waals surface area (Å²) in [6, 6.07) is -0.324. The Labute approximate surface area is 222 Å². The van der Waals surface area contributed by atoms with Gasteiger partial charge < -0.3 is 29.5 Å². The summed E-state index contributed by atoms with van der Waals surface area (Å²) in [7, 11) is 0. The van der Waals surface area contributed by atoms with Gasteiger partial charge in [-0.05, 0) is 26.7 Å². The number of anilines is 1. The molecule has 4 rings (SSSR count). The molecule has 3 aliphatic heterocycles. The first-order valence-corrected chi connectivity index (χ1v) is 12.5. The van der Waals surface area contributed by atoms with Crippen LogP contribution >= 0.6 is 23.1 Å². The van der Waals surface area contributed by atoms with Gasteiger partial charge in [-0.1, -0.05) is 6.92 Å². The van der Waals surface area contributed by atoms with Crippen molar-refractivity contribution in [3.8, 4) is 0 Å². The standard InChI is InChI=1S/C21H27N3O6S2.Na/c1-4-30-20(29)13-9-31-21(22-13)23-7-5-12(6-8-23)32-17-10(2)15-14(11(3)25)18(26)24(15)16(17)19(27)28;/h9-12,14-15,25H,4-8H2,1-3H3,(H,27,28);/q;+1/p-1/t10-,11?,14?,15?;/m1./s1. The van der Waals surface area contributed by atoms with Crippen LogP contribution < -0.4 is 39.6 Å². The zero-order valence-corrected chi connectivity index (χ0v) is 22.8. The SMILES string of the molecule is CCOC(=O)c1csc(N2CCC(SC3=C(C(=O)[O-])N4C(=O)C(C(C)O)C4[C@H]3C)CC2)n1.[Na+]. The summed E-state index contributed by atoms with van der Waals surface area (Å²) >= 11 is 2.92. The Balaban J connectivity index is 0.00000306. The van der Waals surface area contributed by atoms with Crippen LogP contribution in [0.5, 0.6) is 0 Å². The smallest absolute Gasteiger partial charge is 0.543 e. The molecule has 33 heavy (non-hydrogen) atoms. The molecule has 0 aliphatic carbocycles. The predicted octanol–water partition coefficient (Wildman–Crippen LogP) is -2.16. The quantitative estimate of drug-likeness (QED) is 0.252. The van der Waals surface area contributed by atoms with Crippen molar-refractivity contribution in [2.24, 2.45) is 11.8 Å². The van der Waals surface area contributed by atoms with Gasteiger partial charge in [0.25, 0.3) is 0 Å². The fourth-order valence-corrected chi connectivity index (χ4v) is 7.02. The van der Waals surface area contributed by atoms with Crippen LogP contribution in [0.3, 0.4) is 0 Å². The van der Waals surface area contributed by atoms with Gasteiger partial charge in [-0.3, -0.25) is 4.79 Å². The molecule has 3 aliphatic rings. The van der Waals surface area contributed by atoms with Gasteiger partial charge in [0.1, 0.15) is 0 Å². The molecule has 1 aromatic heterocycles. The minimum absolute atomic E-state index is 0. The molecule has 0 saturated carbocycles. The van der Waals surface area contributed by atoms with Gasteiger partial charge >= 0.3 is 35.5 Å². The topological polar surface area (TPSA) is 123 Å². The maximum absolute atomic E-state index is 12.5. The summed E-state index contributed by atoms with van der Waals surface area (Å²) in [5.41, 5.74) is 0.282. The molecule has 12 heteroatoms. The van der Waals surface area contributed by atoms with E-state index in [0.717, 1.165) is 31.1 Å². The second-order valence-electron chi connectivity index (χ2n) is 8.29. The Morgan fingerprint density at radius 2 is 2.06 bits per heavy atom. The zero-order chi connectivity index (χ0) is 23.2. The zero-order valence-electron chi connectivity index (χ0n) is 19.1. The molecule has 3 unspecified atom stereocenters. The van der Waals surface area contributed by atoms with Crippen LogP contribution in [0.25, 0.3) is 0 Å². The number of carboxylic acids is 1. The number of hydrogen-bond donors (Lipinski definition) is 1. The number of amides is 1. The van der Waals surface area contributed by atoms with Gasteiger partial charge in [0.2, 0.25) is 5.91 Å². The number of aromatic nitrogens is 1. The molecule has 0 radical (unpaired) electrons. The molecule has 4 atom stereocenters. The molecule has 1 aromatic rings. The maximum Gasteiger partial charge on any atom is 1.00 e. The Morgan fingerprint density at radius 1 is 1.39 bits per heavy atom. The monoisotopic (exact) mass is 503 g/mol. The minimum atomic E-state index is -1.34. The third-order valence-corrected chi connectivity index (χ3v) is 8.81. The number of carboxylic acid groups (broad SMARTS) is 1. The number of rotatable bonds is 7. The first-order valence-electron chi connectivity index (χ1n) is 10.8. The van der Waals surface area contributed by atoms with E-state index in [1.54, 1.807) is 19.2 Å². The number of ether oxygens (including phenoxy) is 1. The van der Waals surface area contributed by atoms with Crippen LogP contribution in [0, 0.1) is 11.8 Å². The summed E-state index contributed by atoms with van der Waals surface area (Å²) in [5.74, 6) is -2.84. The fourth-order valence-electron chi connectivity index (χ4n) is 4.72.